The summed E-state index contributed by atoms with van der Waals surface area (Å²) in [6.07, 6.45) is 1.83. The number of nitrogens with zero attached hydrogens (tertiary/aromatic N) is 2. The average molecular weight is 189 g/mol. The average Bonchev–Trinajstić information content (AvgIpc) is 2.53. The molecule has 5 heteroatoms. The van der Waals surface area contributed by atoms with Crippen LogP contribution in [0.2, 0.25) is 5.15 Å². The first-order valence-electron chi connectivity index (χ1n) is 3.03. The Morgan fingerprint density at radius 2 is 2.55 bits per heavy atom. The highest BCUT2D eigenvalue weighted by Gasteiger charge is 2.08. The van der Waals surface area contributed by atoms with Crippen LogP contribution in [0, 0.1) is 0 Å². The fraction of sp³-hybridized carbons (Fsp3) is 0.167. The van der Waals surface area contributed by atoms with Gasteiger partial charge in [0.2, 0.25) is 0 Å². The van der Waals surface area contributed by atoms with Crippen molar-refractivity contribution >= 4 is 27.9 Å². The minimum Gasteiger partial charge on any atom is -0.390 e. The molecule has 0 atom stereocenters. The van der Waals surface area contributed by atoms with E-state index in [1.807, 2.05) is 11.6 Å². The summed E-state index contributed by atoms with van der Waals surface area (Å²) in [4.78, 5) is 4.91. The van der Waals surface area contributed by atoms with E-state index in [2.05, 4.69) is 4.98 Å². The molecule has 0 fully saturated rings. The highest BCUT2D eigenvalue weighted by atomic mass is 35.5. The van der Waals surface area contributed by atoms with E-state index in [0.717, 1.165) is 4.96 Å². The summed E-state index contributed by atoms with van der Waals surface area (Å²) in [5.41, 5.74) is 0.540. The smallest absolute Gasteiger partial charge is 0.195 e. The number of imidazole rings is 1. The van der Waals surface area contributed by atoms with Crippen LogP contribution in [0.15, 0.2) is 11.6 Å². The van der Waals surface area contributed by atoms with Gasteiger partial charge in [0.25, 0.3) is 0 Å². The number of aromatic nitrogens is 2. The SMILES string of the molecule is OCc1nc2sccn2c1Cl. The van der Waals surface area contributed by atoms with Gasteiger partial charge in [0, 0.05) is 11.6 Å². The molecule has 2 rings (SSSR count). The van der Waals surface area contributed by atoms with E-state index in [9.17, 15) is 0 Å². The monoisotopic (exact) mass is 188 g/mol. The Morgan fingerprint density at radius 1 is 1.73 bits per heavy atom. The van der Waals surface area contributed by atoms with Crippen LogP contribution in [0.4, 0.5) is 0 Å². The summed E-state index contributed by atoms with van der Waals surface area (Å²) in [7, 11) is 0. The molecular weight excluding hydrogens is 184 g/mol. The topological polar surface area (TPSA) is 37.5 Å². The van der Waals surface area contributed by atoms with Gasteiger partial charge >= 0.3 is 0 Å². The van der Waals surface area contributed by atoms with Gasteiger partial charge in [-0.25, -0.2) is 4.98 Å². The summed E-state index contributed by atoms with van der Waals surface area (Å²) in [6.45, 7) is -0.104. The van der Waals surface area contributed by atoms with Crippen molar-refractivity contribution in [3.63, 3.8) is 0 Å². The predicted octanol–water partition coefficient (Wildman–Crippen LogP) is 1.54. The highest BCUT2D eigenvalue weighted by Crippen LogP contribution is 2.21. The first-order valence-corrected chi connectivity index (χ1v) is 4.29. The second kappa shape index (κ2) is 2.48. The maximum absolute atomic E-state index is 8.78. The number of rotatable bonds is 1. The summed E-state index contributed by atoms with van der Waals surface area (Å²) in [6, 6.07) is 0. The first kappa shape index (κ1) is 7.09. The maximum atomic E-state index is 8.78. The van der Waals surface area contributed by atoms with Crippen LogP contribution in [0.3, 0.4) is 0 Å². The van der Waals surface area contributed by atoms with Crippen LogP contribution in [0.1, 0.15) is 5.69 Å². The van der Waals surface area contributed by atoms with Gasteiger partial charge in [0.1, 0.15) is 10.8 Å². The molecule has 3 nitrogen and oxygen atoms in total. The van der Waals surface area contributed by atoms with Gasteiger partial charge in [0.05, 0.1) is 6.61 Å². The molecule has 0 unspecified atom stereocenters. The second-order valence-electron chi connectivity index (χ2n) is 2.06. The second-order valence-corrected chi connectivity index (χ2v) is 3.29. The number of thiazole rings is 1. The molecule has 0 radical (unpaired) electrons. The van der Waals surface area contributed by atoms with Crippen molar-refractivity contribution in [3.05, 3.63) is 22.4 Å². The fourth-order valence-electron chi connectivity index (χ4n) is 0.904. The van der Waals surface area contributed by atoms with Crippen molar-refractivity contribution in [1.82, 2.24) is 9.38 Å². The third-order valence-electron chi connectivity index (χ3n) is 1.42. The third-order valence-corrected chi connectivity index (χ3v) is 2.58. The standard InChI is InChI=1S/C6H5ClN2OS/c7-5-4(3-10)8-6-9(5)1-2-11-6/h1-2,10H,3H2. The highest BCUT2D eigenvalue weighted by molar-refractivity contribution is 7.15. The van der Waals surface area contributed by atoms with Crippen molar-refractivity contribution in [2.45, 2.75) is 6.61 Å². The van der Waals surface area contributed by atoms with Crippen LogP contribution in [-0.4, -0.2) is 14.5 Å². The number of aliphatic hydroxyl groups excluding tert-OH is 1. The summed E-state index contributed by atoms with van der Waals surface area (Å²) in [5.74, 6) is 0. The van der Waals surface area contributed by atoms with E-state index >= 15 is 0 Å². The molecule has 2 heterocycles. The van der Waals surface area contributed by atoms with Crippen molar-refractivity contribution in [2.75, 3.05) is 0 Å². The van der Waals surface area contributed by atoms with Crippen LogP contribution in [-0.2, 0) is 6.61 Å². The molecule has 0 bridgehead atoms. The quantitative estimate of drug-likeness (QED) is 0.737. The normalized spacial score (nSPS) is 11.1. The van der Waals surface area contributed by atoms with E-state index < -0.39 is 0 Å². The molecule has 2 aromatic rings. The van der Waals surface area contributed by atoms with E-state index in [4.69, 9.17) is 16.7 Å². The zero-order chi connectivity index (χ0) is 7.84. The van der Waals surface area contributed by atoms with Gasteiger partial charge < -0.3 is 5.11 Å². The van der Waals surface area contributed by atoms with Gasteiger partial charge in [-0.15, -0.1) is 11.3 Å². The lowest BCUT2D eigenvalue weighted by Crippen LogP contribution is -1.83. The van der Waals surface area contributed by atoms with E-state index in [1.54, 1.807) is 4.40 Å². The number of hydrogen-bond donors (Lipinski definition) is 1. The number of hydrogen-bond acceptors (Lipinski definition) is 3. The lowest BCUT2D eigenvalue weighted by Gasteiger charge is -1.87. The molecule has 0 aromatic carbocycles. The van der Waals surface area contributed by atoms with Gasteiger partial charge in [-0.05, 0) is 0 Å². The molecule has 2 aromatic heterocycles. The minimum atomic E-state index is -0.104. The Hall–Kier alpha value is -0.580. The largest absolute Gasteiger partial charge is 0.390 e. The predicted molar refractivity (Wildman–Crippen MR) is 44.0 cm³/mol. The van der Waals surface area contributed by atoms with Crippen LogP contribution < -0.4 is 0 Å². The zero-order valence-corrected chi connectivity index (χ0v) is 7.06. The van der Waals surface area contributed by atoms with Crippen molar-refractivity contribution in [3.8, 4) is 0 Å². The van der Waals surface area contributed by atoms with Crippen LogP contribution in [0.5, 0.6) is 0 Å². The van der Waals surface area contributed by atoms with Crippen molar-refractivity contribution in [2.24, 2.45) is 0 Å². The molecule has 1 N–H and O–H groups in total. The van der Waals surface area contributed by atoms with Crippen LogP contribution >= 0.6 is 22.9 Å². The molecule has 0 aliphatic rings. The van der Waals surface area contributed by atoms with E-state index in [0.29, 0.717) is 10.8 Å². The number of aliphatic hydroxyl groups is 1. The Morgan fingerprint density at radius 3 is 3.18 bits per heavy atom. The Balaban J connectivity index is 2.76. The Labute approximate surface area is 71.9 Å². The third kappa shape index (κ3) is 0.946. The first-order chi connectivity index (χ1) is 5.33. The Bertz CT molecular complexity index is 381. The summed E-state index contributed by atoms with van der Waals surface area (Å²) >= 11 is 7.34. The van der Waals surface area contributed by atoms with Gasteiger partial charge in [-0.1, -0.05) is 11.6 Å². The lowest BCUT2D eigenvalue weighted by molar-refractivity contribution is 0.277. The summed E-state index contributed by atoms with van der Waals surface area (Å²) in [5, 5.41) is 11.2. The Kier molecular flexibility index (Phi) is 1.60. The van der Waals surface area contributed by atoms with E-state index in [1.165, 1.54) is 11.3 Å². The molecule has 0 amide bonds. The van der Waals surface area contributed by atoms with Gasteiger partial charge in [-0.2, -0.15) is 0 Å². The molecule has 0 aliphatic heterocycles. The van der Waals surface area contributed by atoms with Crippen molar-refractivity contribution < 1.29 is 5.11 Å². The lowest BCUT2D eigenvalue weighted by atomic mass is 10.5. The van der Waals surface area contributed by atoms with Crippen molar-refractivity contribution in [1.29, 1.82) is 0 Å². The van der Waals surface area contributed by atoms with Gasteiger partial charge in [0.15, 0.2) is 4.96 Å². The number of halogens is 1. The van der Waals surface area contributed by atoms with E-state index in [-0.39, 0.29) is 6.61 Å². The molecular formula is C6H5ClN2OS. The van der Waals surface area contributed by atoms with Crippen LogP contribution in [0.25, 0.3) is 4.96 Å². The molecule has 0 spiro atoms. The zero-order valence-electron chi connectivity index (χ0n) is 5.49. The maximum Gasteiger partial charge on any atom is 0.195 e. The van der Waals surface area contributed by atoms with Gasteiger partial charge in [-0.3, -0.25) is 4.40 Å². The molecule has 0 saturated heterocycles. The minimum absolute atomic E-state index is 0.104. The molecule has 0 aliphatic carbocycles. The summed E-state index contributed by atoms with van der Waals surface area (Å²) < 4.78 is 1.75. The fourth-order valence-corrected chi connectivity index (χ4v) is 1.92. The molecule has 58 valence electrons. The number of fused-ring (bicyclic) bond motifs is 1. The molecule has 0 saturated carbocycles. The molecule has 11 heavy (non-hydrogen) atoms.